The summed E-state index contributed by atoms with van der Waals surface area (Å²) in [5, 5.41) is 0.438. The van der Waals surface area contributed by atoms with Crippen LogP contribution in [0.15, 0.2) is 6.20 Å². The predicted octanol–water partition coefficient (Wildman–Crippen LogP) is 1.42. The van der Waals surface area contributed by atoms with Crippen LogP contribution in [0.1, 0.15) is 17.1 Å². The van der Waals surface area contributed by atoms with Crippen LogP contribution in [0.4, 0.5) is 0 Å². The first-order chi connectivity index (χ1) is 5.65. The zero-order valence-electron chi connectivity index (χ0n) is 7.29. The first-order valence-electron chi connectivity index (χ1n) is 3.53. The molecule has 0 unspecified atom stereocenters. The normalized spacial score (nSPS) is 9.58. The molecule has 12 heavy (non-hydrogen) atoms. The van der Waals surface area contributed by atoms with Gasteiger partial charge in [0.1, 0.15) is 5.82 Å². The van der Waals surface area contributed by atoms with Crippen LogP contribution in [0, 0.1) is 13.8 Å². The molecule has 0 saturated carbocycles. The zero-order chi connectivity index (χ0) is 9.14. The van der Waals surface area contributed by atoms with E-state index in [0.717, 1.165) is 17.1 Å². The maximum absolute atomic E-state index is 4.95. The van der Waals surface area contributed by atoms with Crippen LogP contribution in [0.3, 0.4) is 0 Å². The molecule has 0 N–H and O–H groups in total. The Kier molecular flexibility index (Phi) is 2.70. The summed E-state index contributed by atoms with van der Waals surface area (Å²) in [5.74, 6) is 0.746. The number of rotatable bonds is 1. The first kappa shape index (κ1) is 9.06. The predicted molar refractivity (Wildman–Crippen MR) is 50.2 cm³/mol. The van der Waals surface area contributed by atoms with Gasteiger partial charge >= 0.3 is 0 Å². The van der Waals surface area contributed by atoms with Crippen molar-refractivity contribution in [1.82, 2.24) is 9.97 Å². The number of ether oxygens (including phenoxy) is 1. The van der Waals surface area contributed by atoms with Gasteiger partial charge in [-0.3, -0.25) is 0 Å². The Morgan fingerprint density at radius 3 is 2.67 bits per heavy atom. The summed E-state index contributed by atoms with van der Waals surface area (Å²) in [6.07, 6.45) is 1.68. The molecule has 0 aromatic carbocycles. The van der Waals surface area contributed by atoms with Crippen molar-refractivity contribution < 1.29 is 4.74 Å². The van der Waals surface area contributed by atoms with Crippen LogP contribution in [-0.4, -0.2) is 22.1 Å². The number of nitrogens with zero attached hydrogens (tertiary/aromatic N) is 2. The summed E-state index contributed by atoms with van der Waals surface area (Å²) in [7, 11) is 1.54. The molecular weight excluding hydrogens is 172 g/mol. The lowest BCUT2D eigenvalue weighted by atomic mass is 10.2. The Balaban J connectivity index is 3.09. The van der Waals surface area contributed by atoms with Gasteiger partial charge in [-0.05, 0) is 26.1 Å². The van der Waals surface area contributed by atoms with Gasteiger partial charge in [0, 0.05) is 6.20 Å². The Hall–Kier alpha value is -1.03. The van der Waals surface area contributed by atoms with Gasteiger partial charge in [-0.25, -0.2) is 9.97 Å². The summed E-state index contributed by atoms with van der Waals surface area (Å²) in [6, 6.07) is 0. The summed E-state index contributed by atoms with van der Waals surface area (Å²) in [6.45, 7) is 3.72. The molecular formula is C8H10N2OS. The third kappa shape index (κ3) is 1.76. The standard InChI is InChI=1S/C8H10N2OS/c1-5-7(8(12)11-3)4-9-6(2)10-5/h4H,1-3H3. The van der Waals surface area contributed by atoms with Crippen LogP contribution in [0.2, 0.25) is 0 Å². The van der Waals surface area contributed by atoms with Crippen LogP contribution < -0.4 is 0 Å². The average molecular weight is 182 g/mol. The molecule has 64 valence electrons. The van der Waals surface area contributed by atoms with Crippen molar-refractivity contribution >= 4 is 17.3 Å². The third-order valence-corrected chi connectivity index (χ3v) is 1.89. The van der Waals surface area contributed by atoms with E-state index in [1.807, 2.05) is 13.8 Å². The van der Waals surface area contributed by atoms with Gasteiger partial charge in [-0.2, -0.15) is 0 Å². The van der Waals surface area contributed by atoms with Gasteiger partial charge in [0.25, 0.3) is 0 Å². The van der Waals surface area contributed by atoms with Crippen molar-refractivity contribution in [2.45, 2.75) is 13.8 Å². The largest absolute Gasteiger partial charge is 0.486 e. The number of hydrogen-bond donors (Lipinski definition) is 0. The van der Waals surface area contributed by atoms with Crippen molar-refractivity contribution in [2.24, 2.45) is 0 Å². The quantitative estimate of drug-likeness (QED) is 0.615. The second-order valence-electron chi connectivity index (χ2n) is 2.41. The lowest BCUT2D eigenvalue weighted by molar-refractivity contribution is 0.415. The van der Waals surface area contributed by atoms with Crippen LogP contribution in [0.25, 0.3) is 0 Å². The Bertz CT molecular complexity index is 312. The van der Waals surface area contributed by atoms with E-state index in [4.69, 9.17) is 17.0 Å². The highest BCUT2D eigenvalue weighted by Crippen LogP contribution is 2.05. The third-order valence-electron chi connectivity index (χ3n) is 1.51. The molecule has 0 radical (unpaired) electrons. The SMILES string of the molecule is COC(=S)c1cnc(C)nc1C. The highest BCUT2D eigenvalue weighted by molar-refractivity contribution is 7.80. The minimum Gasteiger partial charge on any atom is -0.486 e. The smallest absolute Gasteiger partial charge is 0.194 e. The maximum Gasteiger partial charge on any atom is 0.194 e. The Labute approximate surface area is 76.8 Å². The van der Waals surface area contributed by atoms with Gasteiger partial charge < -0.3 is 4.74 Å². The molecule has 4 heteroatoms. The molecule has 0 amide bonds. The Morgan fingerprint density at radius 1 is 1.50 bits per heavy atom. The van der Waals surface area contributed by atoms with Gasteiger partial charge in [0.2, 0.25) is 0 Å². The summed E-state index contributed by atoms with van der Waals surface area (Å²) in [5.41, 5.74) is 1.65. The van der Waals surface area contributed by atoms with Crippen molar-refractivity contribution in [3.05, 3.63) is 23.3 Å². The molecule has 1 aromatic rings. The molecule has 0 fully saturated rings. The monoisotopic (exact) mass is 182 g/mol. The number of aryl methyl sites for hydroxylation is 2. The molecule has 0 aliphatic heterocycles. The number of thiocarbonyl (C=S) groups is 1. The summed E-state index contributed by atoms with van der Waals surface area (Å²) < 4.78 is 4.91. The second kappa shape index (κ2) is 3.58. The maximum atomic E-state index is 4.95. The summed E-state index contributed by atoms with van der Waals surface area (Å²) in [4.78, 5) is 8.19. The van der Waals surface area contributed by atoms with E-state index in [0.29, 0.717) is 5.05 Å². The molecule has 0 atom stereocenters. The molecule has 1 aromatic heterocycles. The van der Waals surface area contributed by atoms with E-state index in [1.165, 1.54) is 0 Å². The topological polar surface area (TPSA) is 35.0 Å². The van der Waals surface area contributed by atoms with E-state index in [1.54, 1.807) is 13.3 Å². The van der Waals surface area contributed by atoms with E-state index in [-0.39, 0.29) is 0 Å². The fourth-order valence-corrected chi connectivity index (χ4v) is 1.09. The van der Waals surface area contributed by atoms with Crippen molar-refractivity contribution in [2.75, 3.05) is 7.11 Å². The van der Waals surface area contributed by atoms with Crippen molar-refractivity contribution in [3.8, 4) is 0 Å². The summed E-state index contributed by atoms with van der Waals surface area (Å²) >= 11 is 4.95. The first-order valence-corrected chi connectivity index (χ1v) is 3.94. The zero-order valence-corrected chi connectivity index (χ0v) is 8.10. The van der Waals surface area contributed by atoms with Crippen molar-refractivity contribution in [3.63, 3.8) is 0 Å². The lowest BCUT2D eigenvalue weighted by Gasteiger charge is -2.04. The highest BCUT2D eigenvalue weighted by Gasteiger charge is 2.05. The van der Waals surface area contributed by atoms with E-state index < -0.39 is 0 Å². The number of methoxy groups -OCH3 is 1. The lowest BCUT2D eigenvalue weighted by Crippen LogP contribution is -2.05. The van der Waals surface area contributed by atoms with Crippen LogP contribution >= 0.6 is 12.2 Å². The molecule has 0 saturated heterocycles. The van der Waals surface area contributed by atoms with Gasteiger partial charge in [-0.1, -0.05) is 0 Å². The number of aromatic nitrogens is 2. The fourth-order valence-electron chi connectivity index (χ4n) is 0.894. The van der Waals surface area contributed by atoms with Gasteiger partial charge in [0.05, 0.1) is 18.4 Å². The molecule has 1 heterocycles. The molecule has 3 nitrogen and oxygen atoms in total. The minimum atomic E-state index is 0.438. The fraction of sp³-hybridized carbons (Fsp3) is 0.375. The second-order valence-corrected chi connectivity index (χ2v) is 2.78. The molecule has 0 aliphatic carbocycles. The molecule has 0 spiro atoms. The minimum absolute atomic E-state index is 0.438. The molecule has 0 aliphatic rings. The van der Waals surface area contributed by atoms with E-state index >= 15 is 0 Å². The molecule has 0 bridgehead atoms. The number of hydrogen-bond acceptors (Lipinski definition) is 4. The van der Waals surface area contributed by atoms with Gasteiger partial charge in [-0.15, -0.1) is 0 Å². The van der Waals surface area contributed by atoms with Crippen LogP contribution in [0.5, 0.6) is 0 Å². The highest BCUT2D eigenvalue weighted by atomic mass is 32.1. The van der Waals surface area contributed by atoms with Crippen LogP contribution in [-0.2, 0) is 4.74 Å². The van der Waals surface area contributed by atoms with Gasteiger partial charge in [0.15, 0.2) is 5.05 Å². The van der Waals surface area contributed by atoms with E-state index in [9.17, 15) is 0 Å². The Morgan fingerprint density at radius 2 is 2.17 bits per heavy atom. The van der Waals surface area contributed by atoms with E-state index in [2.05, 4.69) is 9.97 Å². The average Bonchev–Trinajstić information content (AvgIpc) is 2.03. The molecule has 1 rings (SSSR count). The van der Waals surface area contributed by atoms with Crippen molar-refractivity contribution in [1.29, 1.82) is 0 Å².